The van der Waals surface area contributed by atoms with Crippen molar-refractivity contribution < 1.29 is 35.9 Å². The highest BCUT2D eigenvalue weighted by Crippen LogP contribution is 2.33. The Kier molecular flexibility index (Phi) is 7.86. The van der Waals surface area contributed by atoms with E-state index in [1.807, 2.05) is 37.2 Å². The number of ether oxygens (including phenoxy) is 2. The fourth-order valence-electron chi connectivity index (χ4n) is 4.94. The number of nitrogens with zero attached hydrogens (tertiary/aromatic N) is 3. The minimum Gasteiger partial charge on any atom is -0.492 e. The molecule has 2 fully saturated rings. The van der Waals surface area contributed by atoms with E-state index < -0.39 is 27.5 Å². The Morgan fingerprint density at radius 1 is 1.18 bits per heavy atom. The minimum atomic E-state index is -4.67. The molecule has 38 heavy (non-hydrogen) atoms. The van der Waals surface area contributed by atoms with Crippen molar-refractivity contribution in [3.8, 4) is 5.75 Å². The maximum absolute atomic E-state index is 13.5. The first kappa shape index (κ1) is 28.4. The molecule has 1 aromatic carbocycles. The van der Waals surface area contributed by atoms with Crippen molar-refractivity contribution in [1.29, 1.82) is 0 Å². The van der Waals surface area contributed by atoms with Crippen molar-refractivity contribution in [3.63, 3.8) is 0 Å². The number of benzene rings is 1. The molecule has 0 radical (unpaired) electrons. The molecule has 1 aromatic heterocycles. The largest absolute Gasteiger partial charge is 0.492 e. The lowest BCUT2D eigenvalue weighted by Gasteiger charge is -2.21. The molecule has 0 N–H and O–H groups in total. The number of hydrogen-bond acceptors (Lipinski definition) is 5. The third-order valence-corrected chi connectivity index (χ3v) is 8.80. The molecule has 0 saturated carbocycles. The average molecular weight is 558 g/mol. The molecule has 4 rings (SSSR count). The number of carbonyl (C=O) groups excluding carboxylic acids is 1. The predicted octanol–water partition coefficient (Wildman–Crippen LogP) is 3.88. The Hall–Kier alpha value is -2.60. The monoisotopic (exact) mass is 557 g/mol. The van der Waals surface area contributed by atoms with Crippen LogP contribution in [0.3, 0.4) is 0 Å². The van der Waals surface area contributed by atoms with Crippen LogP contribution >= 0.6 is 0 Å². The summed E-state index contributed by atoms with van der Waals surface area (Å²) in [6.45, 7) is 7.13. The van der Waals surface area contributed by atoms with Crippen LogP contribution in [0.25, 0.3) is 0 Å². The van der Waals surface area contributed by atoms with Crippen LogP contribution in [0.2, 0.25) is 0 Å². The zero-order valence-electron chi connectivity index (χ0n) is 22.0. The molecule has 2 atom stereocenters. The van der Waals surface area contributed by atoms with E-state index in [1.54, 1.807) is 6.07 Å². The summed E-state index contributed by atoms with van der Waals surface area (Å²) in [5.74, 6) is -1.24. The van der Waals surface area contributed by atoms with Gasteiger partial charge in [0.05, 0.1) is 41.9 Å². The number of sulfone groups is 1. The van der Waals surface area contributed by atoms with Crippen molar-refractivity contribution >= 4 is 15.7 Å². The lowest BCUT2D eigenvalue weighted by Crippen LogP contribution is -2.30. The SMILES string of the molecule is Cn1c(C(C)(C)C)c/c(=N\C(=O)c2cc(C(F)(F)F)ccc2OCC2CCS(=O)(=O)C2)n1C[C@H]1CCCO1. The Bertz CT molecular complexity index is 1360. The summed E-state index contributed by atoms with van der Waals surface area (Å²) in [6.07, 6.45) is -2.53. The second-order valence-electron chi connectivity index (χ2n) is 11.1. The van der Waals surface area contributed by atoms with Gasteiger partial charge in [-0.1, -0.05) is 20.8 Å². The van der Waals surface area contributed by atoms with Crippen LogP contribution in [-0.4, -0.2) is 54.5 Å². The molecule has 0 bridgehead atoms. The molecule has 2 aromatic rings. The van der Waals surface area contributed by atoms with Crippen molar-refractivity contribution in [1.82, 2.24) is 9.36 Å². The van der Waals surface area contributed by atoms with Gasteiger partial charge in [-0.2, -0.15) is 18.2 Å². The summed E-state index contributed by atoms with van der Waals surface area (Å²) < 4.78 is 79.3. The van der Waals surface area contributed by atoms with Gasteiger partial charge in [-0.3, -0.25) is 14.2 Å². The van der Waals surface area contributed by atoms with Gasteiger partial charge in [0.15, 0.2) is 15.3 Å². The second-order valence-corrected chi connectivity index (χ2v) is 13.3. The van der Waals surface area contributed by atoms with Crippen molar-refractivity contribution in [2.45, 2.75) is 64.3 Å². The topological polar surface area (TPSA) is 91.9 Å². The van der Waals surface area contributed by atoms with E-state index >= 15 is 0 Å². The Labute approximate surface area is 220 Å². The van der Waals surface area contributed by atoms with Gasteiger partial charge in [0.25, 0.3) is 5.91 Å². The zero-order valence-corrected chi connectivity index (χ0v) is 22.9. The van der Waals surface area contributed by atoms with Crippen LogP contribution in [0, 0.1) is 5.92 Å². The van der Waals surface area contributed by atoms with Crippen LogP contribution in [0.5, 0.6) is 5.75 Å². The van der Waals surface area contributed by atoms with Gasteiger partial charge >= 0.3 is 6.18 Å². The lowest BCUT2D eigenvalue weighted by atomic mass is 9.92. The van der Waals surface area contributed by atoms with E-state index in [9.17, 15) is 26.4 Å². The van der Waals surface area contributed by atoms with Crippen molar-refractivity contribution in [3.05, 3.63) is 46.6 Å². The fraction of sp³-hybridized carbons (Fsp3) is 0.615. The molecule has 0 spiro atoms. The second kappa shape index (κ2) is 10.5. The minimum absolute atomic E-state index is 0.0244. The third-order valence-electron chi connectivity index (χ3n) is 6.96. The first-order valence-corrected chi connectivity index (χ1v) is 14.5. The van der Waals surface area contributed by atoms with Crippen LogP contribution in [-0.2, 0) is 39.8 Å². The summed E-state index contributed by atoms with van der Waals surface area (Å²) in [6, 6.07) is 4.45. The smallest absolute Gasteiger partial charge is 0.416 e. The van der Waals surface area contributed by atoms with E-state index in [0.717, 1.165) is 36.7 Å². The number of amides is 1. The number of aromatic nitrogens is 2. The van der Waals surface area contributed by atoms with Crippen LogP contribution in [0.15, 0.2) is 29.3 Å². The highest BCUT2D eigenvalue weighted by molar-refractivity contribution is 7.91. The Balaban J connectivity index is 1.72. The molecule has 3 heterocycles. The quantitative estimate of drug-likeness (QED) is 0.538. The molecule has 8 nitrogen and oxygen atoms in total. The van der Waals surface area contributed by atoms with E-state index in [2.05, 4.69) is 4.99 Å². The van der Waals surface area contributed by atoms with Crippen LogP contribution in [0.4, 0.5) is 13.2 Å². The maximum Gasteiger partial charge on any atom is 0.416 e. The summed E-state index contributed by atoms with van der Waals surface area (Å²) >= 11 is 0. The van der Waals surface area contributed by atoms with Gasteiger partial charge in [-0.05, 0) is 37.5 Å². The first-order valence-electron chi connectivity index (χ1n) is 12.7. The van der Waals surface area contributed by atoms with Gasteiger partial charge in [0.2, 0.25) is 0 Å². The lowest BCUT2D eigenvalue weighted by molar-refractivity contribution is -0.137. The van der Waals surface area contributed by atoms with Crippen molar-refractivity contribution in [2.75, 3.05) is 24.7 Å². The van der Waals surface area contributed by atoms with E-state index in [-0.39, 0.29) is 46.9 Å². The average Bonchev–Trinajstić information content (AvgIpc) is 3.52. The number of halogens is 3. The molecule has 0 aliphatic carbocycles. The molecule has 2 aliphatic heterocycles. The number of rotatable bonds is 6. The number of carbonyl (C=O) groups is 1. The fourth-order valence-corrected chi connectivity index (χ4v) is 6.78. The number of alkyl halides is 3. The van der Waals surface area contributed by atoms with Gasteiger partial charge in [0.1, 0.15) is 5.75 Å². The third kappa shape index (κ3) is 6.51. The highest BCUT2D eigenvalue weighted by atomic mass is 32.2. The number of hydrogen-bond donors (Lipinski definition) is 0. The molecule has 2 saturated heterocycles. The Morgan fingerprint density at radius 2 is 1.92 bits per heavy atom. The van der Waals surface area contributed by atoms with Crippen molar-refractivity contribution in [2.24, 2.45) is 18.0 Å². The van der Waals surface area contributed by atoms with Crippen LogP contribution in [0.1, 0.15) is 61.6 Å². The zero-order chi connectivity index (χ0) is 27.9. The molecule has 1 unspecified atom stereocenters. The standard InChI is InChI=1S/C26H34F3N3O5S/c1-25(2,3)22-13-23(32(31(22)4)14-19-6-5-10-36-19)30-24(33)20-12-18(26(27,28)29)7-8-21(20)37-15-17-9-11-38(34,35)16-17/h7-8,12-13,17,19H,5-6,9-11,14-16H2,1-4H3/b30-23+/t17?,19-/m1/s1. The molecule has 1 amide bonds. The van der Waals surface area contributed by atoms with Gasteiger partial charge in [-0.15, -0.1) is 0 Å². The van der Waals surface area contributed by atoms with Crippen LogP contribution < -0.4 is 10.2 Å². The summed E-state index contributed by atoms with van der Waals surface area (Å²) in [5, 5.41) is 0. The summed E-state index contributed by atoms with van der Waals surface area (Å²) in [7, 11) is -1.30. The molecule has 12 heteroatoms. The van der Waals surface area contributed by atoms with Gasteiger partial charge in [0, 0.05) is 36.7 Å². The first-order chi connectivity index (χ1) is 17.6. The molecule has 210 valence electrons. The molecule has 2 aliphatic rings. The summed E-state index contributed by atoms with van der Waals surface area (Å²) in [5.41, 5.74) is -0.406. The maximum atomic E-state index is 13.5. The van der Waals surface area contributed by atoms with E-state index in [4.69, 9.17) is 9.47 Å². The van der Waals surface area contributed by atoms with Gasteiger partial charge < -0.3 is 9.47 Å². The molecular weight excluding hydrogens is 523 g/mol. The summed E-state index contributed by atoms with van der Waals surface area (Å²) in [4.78, 5) is 17.7. The predicted molar refractivity (Wildman–Crippen MR) is 135 cm³/mol. The highest BCUT2D eigenvalue weighted by Gasteiger charge is 2.33. The van der Waals surface area contributed by atoms with E-state index in [0.29, 0.717) is 25.1 Å². The normalized spacial score (nSPS) is 22.2. The Morgan fingerprint density at radius 3 is 2.50 bits per heavy atom. The van der Waals surface area contributed by atoms with Gasteiger partial charge in [-0.25, -0.2) is 8.42 Å². The van der Waals surface area contributed by atoms with E-state index in [1.165, 1.54) is 0 Å². The molecular formula is C26H34F3N3O5S.